The standard InChI is InChI=1S/C13H14N4O/c18-13-12(15-5-6-16-13)17-8-7-14-9-10-3-1-2-4-11(10)17/h1-6,14H,7-9H2,(H,16,18). The molecule has 1 aliphatic heterocycles. The molecule has 0 spiro atoms. The van der Waals surface area contributed by atoms with Crippen molar-refractivity contribution in [3.8, 4) is 0 Å². The van der Waals surface area contributed by atoms with E-state index in [1.165, 1.54) is 5.56 Å². The molecule has 92 valence electrons. The molecule has 1 aromatic carbocycles. The Hall–Kier alpha value is -2.14. The number of nitrogens with zero attached hydrogens (tertiary/aromatic N) is 2. The second-order valence-electron chi connectivity index (χ2n) is 4.20. The predicted octanol–water partition coefficient (Wildman–Crippen LogP) is 1.01. The summed E-state index contributed by atoms with van der Waals surface area (Å²) in [5.74, 6) is 0.452. The Kier molecular flexibility index (Phi) is 2.82. The molecule has 2 heterocycles. The van der Waals surface area contributed by atoms with Gasteiger partial charge in [0.2, 0.25) is 0 Å². The summed E-state index contributed by atoms with van der Waals surface area (Å²) in [6.07, 6.45) is 3.16. The summed E-state index contributed by atoms with van der Waals surface area (Å²) < 4.78 is 0. The fourth-order valence-corrected chi connectivity index (χ4v) is 2.21. The Morgan fingerprint density at radius 3 is 3.06 bits per heavy atom. The third-order valence-corrected chi connectivity index (χ3v) is 3.05. The Morgan fingerprint density at radius 1 is 1.28 bits per heavy atom. The molecule has 0 bridgehead atoms. The molecule has 0 atom stereocenters. The largest absolute Gasteiger partial charge is 0.324 e. The molecule has 0 amide bonds. The van der Waals surface area contributed by atoms with E-state index >= 15 is 0 Å². The first-order valence-electron chi connectivity index (χ1n) is 5.96. The molecule has 0 saturated carbocycles. The highest BCUT2D eigenvalue weighted by molar-refractivity contribution is 5.63. The molecule has 0 saturated heterocycles. The molecule has 18 heavy (non-hydrogen) atoms. The van der Waals surface area contributed by atoms with E-state index in [9.17, 15) is 4.79 Å². The average Bonchev–Trinajstić information content (AvgIpc) is 2.62. The van der Waals surface area contributed by atoms with Crippen LogP contribution in [0.25, 0.3) is 0 Å². The van der Waals surface area contributed by atoms with Crippen molar-refractivity contribution in [2.45, 2.75) is 6.54 Å². The number of anilines is 2. The zero-order chi connectivity index (χ0) is 12.4. The van der Waals surface area contributed by atoms with Crippen LogP contribution in [-0.2, 0) is 6.54 Å². The maximum absolute atomic E-state index is 11.9. The topological polar surface area (TPSA) is 61.0 Å². The van der Waals surface area contributed by atoms with Crippen LogP contribution in [0, 0.1) is 0 Å². The van der Waals surface area contributed by atoms with Gasteiger partial charge in [-0.1, -0.05) is 18.2 Å². The minimum atomic E-state index is -0.158. The zero-order valence-electron chi connectivity index (χ0n) is 9.89. The van der Waals surface area contributed by atoms with E-state index in [0.717, 1.165) is 25.3 Å². The summed E-state index contributed by atoms with van der Waals surface area (Å²) in [5, 5.41) is 3.34. The van der Waals surface area contributed by atoms with Gasteiger partial charge in [-0.25, -0.2) is 4.98 Å². The van der Waals surface area contributed by atoms with Gasteiger partial charge in [-0.3, -0.25) is 4.79 Å². The summed E-state index contributed by atoms with van der Waals surface area (Å²) in [6, 6.07) is 8.08. The Morgan fingerprint density at radius 2 is 2.17 bits per heavy atom. The Balaban J connectivity index is 2.13. The van der Waals surface area contributed by atoms with Crippen molar-refractivity contribution in [3.05, 3.63) is 52.6 Å². The molecule has 3 rings (SSSR count). The number of aromatic amines is 1. The second-order valence-corrected chi connectivity index (χ2v) is 4.20. The lowest BCUT2D eigenvalue weighted by Gasteiger charge is -2.22. The van der Waals surface area contributed by atoms with Crippen LogP contribution in [0.3, 0.4) is 0 Å². The first-order valence-corrected chi connectivity index (χ1v) is 5.96. The van der Waals surface area contributed by atoms with Gasteiger partial charge in [-0.15, -0.1) is 0 Å². The second kappa shape index (κ2) is 4.62. The van der Waals surface area contributed by atoms with Crippen molar-refractivity contribution in [3.63, 3.8) is 0 Å². The monoisotopic (exact) mass is 242 g/mol. The van der Waals surface area contributed by atoms with Gasteiger partial charge in [-0.2, -0.15) is 0 Å². The van der Waals surface area contributed by atoms with Crippen LogP contribution in [-0.4, -0.2) is 23.1 Å². The van der Waals surface area contributed by atoms with Crippen LogP contribution in [0.4, 0.5) is 11.5 Å². The van der Waals surface area contributed by atoms with Crippen molar-refractivity contribution in [2.24, 2.45) is 0 Å². The minimum Gasteiger partial charge on any atom is -0.324 e. The lowest BCUT2D eigenvalue weighted by Crippen LogP contribution is -2.29. The predicted molar refractivity (Wildman–Crippen MR) is 70.0 cm³/mol. The third kappa shape index (κ3) is 1.89. The maximum Gasteiger partial charge on any atom is 0.291 e. The van der Waals surface area contributed by atoms with E-state index in [2.05, 4.69) is 21.4 Å². The molecule has 0 aliphatic carbocycles. The number of hydrogen-bond donors (Lipinski definition) is 2. The highest BCUT2D eigenvalue weighted by atomic mass is 16.1. The van der Waals surface area contributed by atoms with E-state index < -0.39 is 0 Å². The number of fused-ring (bicyclic) bond motifs is 1. The average molecular weight is 242 g/mol. The summed E-state index contributed by atoms with van der Waals surface area (Å²) in [7, 11) is 0. The summed E-state index contributed by atoms with van der Waals surface area (Å²) >= 11 is 0. The summed E-state index contributed by atoms with van der Waals surface area (Å²) in [5.41, 5.74) is 2.07. The molecular weight excluding hydrogens is 228 g/mol. The van der Waals surface area contributed by atoms with Crippen LogP contribution in [0.1, 0.15) is 5.56 Å². The van der Waals surface area contributed by atoms with Crippen molar-refractivity contribution in [2.75, 3.05) is 18.0 Å². The lowest BCUT2D eigenvalue weighted by molar-refractivity contribution is 0.710. The van der Waals surface area contributed by atoms with Crippen molar-refractivity contribution >= 4 is 11.5 Å². The minimum absolute atomic E-state index is 0.158. The zero-order valence-corrected chi connectivity index (χ0v) is 9.89. The van der Waals surface area contributed by atoms with Gasteiger partial charge in [-0.05, 0) is 11.6 Å². The van der Waals surface area contributed by atoms with Crippen molar-refractivity contribution in [1.82, 2.24) is 15.3 Å². The SMILES string of the molecule is O=c1[nH]ccnc1N1CCNCc2ccccc21. The summed E-state index contributed by atoms with van der Waals surface area (Å²) in [4.78, 5) is 20.7. The normalized spacial score (nSPS) is 15.0. The molecule has 0 unspecified atom stereocenters. The molecule has 2 aromatic rings. The van der Waals surface area contributed by atoms with E-state index in [1.807, 2.05) is 23.1 Å². The molecular formula is C13H14N4O. The van der Waals surface area contributed by atoms with Gasteiger partial charge in [0.15, 0.2) is 5.82 Å². The molecule has 2 N–H and O–H groups in total. The van der Waals surface area contributed by atoms with Gasteiger partial charge >= 0.3 is 0 Å². The first-order chi connectivity index (χ1) is 8.86. The molecule has 0 radical (unpaired) electrons. The molecule has 5 nitrogen and oxygen atoms in total. The lowest BCUT2D eigenvalue weighted by atomic mass is 10.1. The first kappa shape index (κ1) is 11.0. The number of hydrogen-bond acceptors (Lipinski definition) is 4. The Labute approximate surface area is 104 Å². The number of rotatable bonds is 1. The number of aromatic nitrogens is 2. The fraction of sp³-hybridized carbons (Fsp3) is 0.231. The quantitative estimate of drug-likeness (QED) is 0.783. The van der Waals surface area contributed by atoms with Gasteiger partial charge in [0.1, 0.15) is 0 Å². The maximum atomic E-state index is 11.9. The van der Waals surface area contributed by atoms with E-state index in [4.69, 9.17) is 0 Å². The molecule has 0 fully saturated rings. The number of nitrogens with one attached hydrogen (secondary N) is 2. The van der Waals surface area contributed by atoms with Gasteiger partial charge < -0.3 is 15.2 Å². The number of para-hydroxylation sites is 1. The van der Waals surface area contributed by atoms with Crippen LogP contribution in [0.5, 0.6) is 0 Å². The Bertz CT molecular complexity index is 608. The highest BCUT2D eigenvalue weighted by Gasteiger charge is 2.18. The van der Waals surface area contributed by atoms with Gasteiger partial charge in [0.05, 0.1) is 0 Å². The van der Waals surface area contributed by atoms with Crippen molar-refractivity contribution in [1.29, 1.82) is 0 Å². The van der Waals surface area contributed by atoms with Crippen LogP contribution < -0.4 is 15.8 Å². The van der Waals surface area contributed by atoms with Crippen LogP contribution in [0.2, 0.25) is 0 Å². The van der Waals surface area contributed by atoms with E-state index in [-0.39, 0.29) is 5.56 Å². The smallest absolute Gasteiger partial charge is 0.291 e. The number of H-pyrrole nitrogens is 1. The van der Waals surface area contributed by atoms with E-state index in [1.54, 1.807) is 12.4 Å². The third-order valence-electron chi connectivity index (χ3n) is 3.05. The fourth-order valence-electron chi connectivity index (χ4n) is 2.21. The van der Waals surface area contributed by atoms with Gasteiger partial charge in [0.25, 0.3) is 5.56 Å². The van der Waals surface area contributed by atoms with Crippen LogP contribution >= 0.6 is 0 Å². The van der Waals surface area contributed by atoms with Crippen molar-refractivity contribution < 1.29 is 0 Å². The highest BCUT2D eigenvalue weighted by Crippen LogP contribution is 2.26. The molecule has 5 heteroatoms. The van der Waals surface area contributed by atoms with E-state index in [0.29, 0.717) is 5.82 Å². The molecule has 1 aliphatic rings. The number of benzene rings is 1. The van der Waals surface area contributed by atoms with Gasteiger partial charge in [0, 0.05) is 37.7 Å². The molecule has 1 aromatic heterocycles. The van der Waals surface area contributed by atoms with Crippen LogP contribution in [0.15, 0.2) is 41.5 Å². The summed E-state index contributed by atoms with van der Waals surface area (Å²) in [6.45, 7) is 2.37.